The first-order valence-electron chi connectivity index (χ1n) is 7.10. The van der Waals surface area contributed by atoms with Crippen molar-refractivity contribution < 1.29 is 4.79 Å². The third-order valence-electron chi connectivity index (χ3n) is 4.24. The number of hydrogen-bond acceptors (Lipinski definition) is 4. The molecular weight excluding hydrogens is 286 g/mol. The van der Waals surface area contributed by atoms with Gasteiger partial charge in [0.25, 0.3) is 0 Å². The molecule has 0 spiro atoms. The Morgan fingerprint density at radius 2 is 1.90 bits per heavy atom. The van der Waals surface area contributed by atoms with Gasteiger partial charge in [-0.25, -0.2) is 9.97 Å². The highest BCUT2D eigenvalue weighted by atomic mass is 35.5. The molecule has 2 heterocycles. The molecule has 21 heavy (non-hydrogen) atoms. The lowest BCUT2D eigenvalue weighted by molar-refractivity contribution is -0.119. The molecule has 4 nitrogen and oxygen atoms in total. The molecule has 2 aromatic rings. The lowest BCUT2D eigenvalue weighted by Crippen LogP contribution is -2.48. The third kappa shape index (κ3) is 2.10. The van der Waals surface area contributed by atoms with E-state index in [2.05, 4.69) is 22.1 Å². The summed E-state index contributed by atoms with van der Waals surface area (Å²) in [7, 11) is 0. The zero-order valence-electron chi connectivity index (χ0n) is 11.4. The van der Waals surface area contributed by atoms with Gasteiger partial charge in [0.15, 0.2) is 5.78 Å². The second kappa shape index (κ2) is 4.81. The first-order valence-corrected chi connectivity index (χ1v) is 7.48. The summed E-state index contributed by atoms with van der Waals surface area (Å²) in [6.45, 7) is 0.881. The molecule has 1 unspecified atom stereocenters. The van der Waals surface area contributed by atoms with Crippen LogP contribution < -0.4 is 4.90 Å². The van der Waals surface area contributed by atoms with Crippen molar-refractivity contribution in [3.63, 3.8) is 0 Å². The zero-order chi connectivity index (χ0) is 14.4. The number of carbonyl (C=O) groups excluding carboxylic acids is 1. The van der Waals surface area contributed by atoms with Crippen LogP contribution in [0.5, 0.6) is 0 Å². The van der Waals surface area contributed by atoms with Crippen molar-refractivity contribution in [2.24, 2.45) is 0 Å². The Morgan fingerprint density at radius 1 is 1.14 bits per heavy atom. The van der Waals surface area contributed by atoms with E-state index in [9.17, 15) is 4.79 Å². The minimum Gasteiger partial charge on any atom is -0.341 e. The molecule has 106 valence electrons. The topological polar surface area (TPSA) is 46.1 Å². The molecule has 0 amide bonds. The summed E-state index contributed by atoms with van der Waals surface area (Å²) < 4.78 is 0. The second-order valence-corrected chi connectivity index (χ2v) is 5.91. The fourth-order valence-electron chi connectivity index (χ4n) is 3.22. The molecule has 1 aliphatic carbocycles. The molecule has 2 aliphatic rings. The van der Waals surface area contributed by atoms with Crippen molar-refractivity contribution in [3.05, 3.63) is 52.4 Å². The largest absolute Gasteiger partial charge is 0.341 e. The number of Topliss-reactive ketones (excluding diaryl/α,β-unsaturated/α-hetero) is 1. The van der Waals surface area contributed by atoms with Crippen molar-refractivity contribution in [1.82, 2.24) is 9.97 Å². The molecule has 1 atom stereocenters. The van der Waals surface area contributed by atoms with E-state index < -0.39 is 0 Å². The predicted octanol–water partition coefficient (Wildman–Crippen LogP) is 2.60. The molecule has 0 radical (unpaired) electrons. The highest BCUT2D eigenvalue weighted by Gasteiger charge is 2.34. The summed E-state index contributed by atoms with van der Waals surface area (Å²) in [5.41, 5.74) is 3.44. The van der Waals surface area contributed by atoms with Crippen LogP contribution in [0.15, 0.2) is 30.3 Å². The predicted molar refractivity (Wildman–Crippen MR) is 80.9 cm³/mol. The Balaban J connectivity index is 1.77. The first kappa shape index (κ1) is 12.8. The van der Waals surface area contributed by atoms with Crippen LogP contribution in [0.4, 0.5) is 5.82 Å². The van der Waals surface area contributed by atoms with E-state index in [4.69, 9.17) is 11.6 Å². The van der Waals surface area contributed by atoms with Crippen molar-refractivity contribution >= 4 is 23.2 Å². The summed E-state index contributed by atoms with van der Waals surface area (Å²) in [6.07, 6.45) is 1.95. The van der Waals surface area contributed by atoms with Gasteiger partial charge in [-0.05, 0) is 30.0 Å². The molecule has 0 saturated carbocycles. The number of nitrogens with zero attached hydrogens (tertiary/aromatic N) is 3. The van der Waals surface area contributed by atoms with Crippen molar-refractivity contribution in [2.75, 3.05) is 18.0 Å². The molecular formula is C16H14ClN3O. The smallest absolute Gasteiger partial charge is 0.224 e. The lowest BCUT2D eigenvalue weighted by atomic mass is 9.97. The van der Waals surface area contributed by atoms with Crippen LogP contribution in [0.25, 0.3) is 0 Å². The van der Waals surface area contributed by atoms with Gasteiger partial charge in [-0.1, -0.05) is 30.3 Å². The minimum absolute atomic E-state index is 0.246. The maximum atomic E-state index is 11.2. The Bertz CT molecular complexity index is 709. The SMILES string of the molecule is O=C1CN(c2nc(Cl)nc3c2CCC3c2ccccc2)C1. The summed E-state index contributed by atoms with van der Waals surface area (Å²) in [5.74, 6) is 1.37. The highest BCUT2D eigenvalue weighted by molar-refractivity contribution is 6.28. The summed E-state index contributed by atoms with van der Waals surface area (Å²) in [6, 6.07) is 10.4. The van der Waals surface area contributed by atoms with Crippen molar-refractivity contribution in [1.29, 1.82) is 0 Å². The van der Waals surface area contributed by atoms with Crippen LogP contribution in [0.1, 0.15) is 29.2 Å². The molecule has 4 rings (SSSR count). The quantitative estimate of drug-likeness (QED) is 0.800. The Morgan fingerprint density at radius 3 is 2.62 bits per heavy atom. The van der Waals surface area contributed by atoms with E-state index in [1.165, 1.54) is 5.56 Å². The molecule has 0 bridgehead atoms. The van der Waals surface area contributed by atoms with Crippen LogP contribution in [-0.4, -0.2) is 28.8 Å². The average Bonchev–Trinajstić information content (AvgIpc) is 2.88. The molecule has 1 saturated heterocycles. The lowest BCUT2D eigenvalue weighted by Gasteiger charge is -2.31. The number of aromatic nitrogens is 2. The van der Waals surface area contributed by atoms with Crippen LogP contribution >= 0.6 is 11.6 Å². The van der Waals surface area contributed by atoms with E-state index in [0.717, 1.165) is 29.9 Å². The fraction of sp³-hybridized carbons (Fsp3) is 0.312. The summed E-state index contributed by atoms with van der Waals surface area (Å²) >= 11 is 6.11. The molecule has 1 aromatic heterocycles. The number of hydrogen-bond donors (Lipinski definition) is 0. The summed E-state index contributed by atoms with van der Waals surface area (Å²) in [4.78, 5) is 22.1. The Labute approximate surface area is 127 Å². The van der Waals surface area contributed by atoms with Gasteiger partial charge in [-0.2, -0.15) is 0 Å². The van der Waals surface area contributed by atoms with Crippen molar-refractivity contribution in [3.8, 4) is 0 Å². The van der Waals surface area contributed by atoms with Gasteiger partial charge in [0.2, 0.25) is 5.28 Å². The maximum absolute atomic E-state index is 11.2. The molecule has 1 aromatic carbocycles. The van der Waals surface area contributed by atoms with Gasteiger partial charge < -0.3 is 4.90 Å². The van der Waals surface area contributed by atoms with Gasteiger partial charge in [-0.3, -0.25) is 4.79 Å². The minimum atomic E-state index is 0.246. The monoisotopic (exact) mass is 299 g/mol. The van der Waals surface area contributed by atoms with Gasteiger partial charge in [0.1, 0.15) is 5.82 Å². The van der Waals surface area contributed by atoms with Crippen LogP contribution in [0.3, 0.4) is 0 Å². The number of benzene rings is 1. The number of rotatable bonds is 2. The number of halogens is 1. The normalized spacial score (nSPS) is 20.3. The third-order valence-corrected chi connectivity index (χ3v) is 4.41. The average molecular weight is 300 g/mol. The zero-order valence-corrected chi connectivity index (χ0v) is 12.2. The number of carbonyl (C=O) groups is 1. The van der Waals surface area contributed by atoms with E-state index in [1.54, 1.807) is 0 Å². The molecule has 0 N–H and O–H groups in total. The van der Waals surface area contributed by atoms with Crippen LogP contribution in [0, 0.1) is 0 Å². The number of ketones is 1. The Hall–Kier alpha value is -1.94. The maximum Gasteiger partial charge on any atom is 0.224 e. The van der Waals surface area contributed by atoms with Crippen LogP contribution in [0.2, 0.25) is 5.28 Å². The fourth-order valence-corrected chi connectivity index (χ4v) is 3.39. The summed E-state index contributed by atoms with van der Waals surface area (Å²) in [5, 5.41) is 0.269. The van der Waals surface area contributed by atoms with Gasteiger partial charge >= 0.3 is 0 Å². The van der Waals surface area contributed by atoms with Crippen LogP contribution in [-0.2, 0) is 11.2 Å². The highest BCUT2D eigenvalue weighted by Crippen LogP contribution is 2.41. The van der Waals surface area contributed by atoms with Gasteiger partial charge in [-0.15, -0.1) is 0 Å². The Kier molecular flexibility index (Phi) is 2.93. The molecule has 5 heteroatoms. The van der Waals surface area contributed by atoms with Gasteiger partial charge in [0, 0.05) is 11.5 Å². The molecule has 1 aliphatic heterocycles. The van der Waals surface area contributed by atoms with E-state index in [0.29, 0.717) is 13.1 Å². The second-order valence-electron chi connectivity index (χ2n) is 5.58. The van der Waals surface area contributed by atoms with E-state index >= 15 is 0 Å². The van der Waals surface area contributed by atoms with E-state index in [1.807, 2.05) is 23.1 Å². The van der Waals surface area contributed by atoms with E-state index in [-0.39, 0.29) is 17.0 Å². The van der Waals surface area contributed by atoms with Crippen molar-refractivity contribution in [2.45, 2.75) is 18.8 Å². The molecule has 1 fully saturated rings. The number of anilines is 1. The standard InChI is InChI=1S/C16H14ClN3O/c17-16-18-14-12(10-4-2-1-3-5-10)6-7-13(14)15(19-16)20-8-11(21)9-20/h1-5,12H,6-9H2. The first-order chi connectivity index (χ1) is 10.2. The van der Waals surface area contributed by atoms with Gasteiger partial charge in [0.05, 0.1) is 18.8 Å². The number of fused-ring (bicyclic) bond motifs is 1.